The maximum atomic E-state index is 14.6. The van der Waals surface area contributed by atoms with Crippen LogP contribution >= 0.6 is 0 Å². The number of hydrogen-bond acceptors (Lipinski definition) is 15. The summed E-state index contributed by atoms with van der Waals surface area (Å²) in [5, 5.41) is 60.0. The summed E-state index contributed by atoms with van der Waals surface area (Å²) in [7, 11) is 7.30. The monoisotopic (exact) mass is 895 g/mol. The van der Waals surface area contributed by atoms with Crippen LogP contribution in [-0.4, -0.2) is 182 Å². The maximum absolute atomic E-state index is 14.6. The first-order chi connectivity index (χ1) is 29.3. The lowest BCUT2D eigenvalue weighted by atomic mass is 9.68. The third kappa shape index (κ3) is 11.0. The minimum atomic E-state index is -1.80. The predicted octanol–water partition coefficient (Wildman–Crippen LogP) is 3.12. The van der Waals surface area contributed by atoms with Crippen molar-refractivity contribution >= 4 is 11.9 Å². The number of aryl methyl sites for hydroxylation is 1. The van der Waals surface area contributed by atoms with Crippen LogP contribution in [0.2, 0.25) is 0 Å². The highest BCUT2D eigenvalue weighted by molar-refractivity contribution is 5.94. The molecule has 4 aliphatic heterocycles. The second-order valence-corrected chi connectivity index (χ2v) is 20.6. The number of carbonyl (C=O) groups is 1. The number of rotatable bonds is 9. The van der Waals surface area contributed by atoms with Crippen molar-refractivity contribution in [3.05, 3.63) is 24.0 Å². The molecule has 16 heteroatoms. The number of esters is 1. The molecule has 3 saturated heterocycles. The number of hydrogen-bond donors (Lipinski definition) is 5. The Morgan fingerprint density at radius 1 is 0.952 bits per heavy atom. The molecule has 0 bridgehead atoms. The average molecular weight is 895 g/mol. The Balaban J connectivity index is 1.54. The van der Waals surface area contributed by atoms with E-state index in [1.807, 2.05) is 90.5 Å². The van der Waals surface area contributed by atoms with Crippen molar-refractivity contribution in [3.8, 4) is 0 Å². The molecular formula is C47H82N4O12. The normalized spacial score (nSPS) is 46.5. The molecule has 1 aromatic rings. The Morgan fingerprint density at radius 3 is 2.22 bits per heavy atom. The van der Waals surface area contributed by atoms with Gasteiger partial charge in [-0.25, -0.2) is 4.99 Å². The van der Waals surface area contributed by atoms with Crippen LogP contribution < -0.4 is 0 Å². The largest absolute Gasteiger partial charge is 0.471 e. The number of cyclic esters (lactones) is 1. The Labute approximate surface area is 376 Å². The van der Waals surface area contributed by atoms with Crippen molar-refractivity contribution in [2.24, 2.45) is 35.7 Å². The number of aliphatic imine (C=N–C) groups is 1. The highest BCUT2D eigenvalue weighted by atomic mass is 16.7. The molecule has 0 aromatic carbocycles. The van der Waals surface area contributed by atoms with Crippen LogP contribution in [0.1, 0.15) is 108 Å². The fourth-order valence-electron chi connectivity index (χ4n) is 11.2. The van der Waals surface area contributed by atoms with E-state index in [2.05, 4.69) is 4.90 Å². The number of likely N-dealkylation sites (N-methyl/N-ethyl adjacent to an activating group) is 2. The summed E-state index contributed by atoms with van der Waals surface area (Å²) in [6, 6.07) is 2.78. The van der Waals surface area contributed by atoms with Gasteiger partial charge < -0.3 is 63.4 Å². The van der Waals surface area contributed by atoms with Crippen molar-refractivity contribution in [1.82, 2.24) is 14.4 Å². The number of aliphatic hydroxyl groups excluding tert-OH is 3. The molecule has 1 aromatic heterocycles. The Morgan fingerprint density at radius 2 is 1.62 bits per heavy atom. The van der Waals surface area contributed by atoms with Crippen LogP contribution in [0.4, 0.5) is 0 Å². The summed E-state index contributed by atoms with van der Waals surface area (Å²) >= 11 is 0. The third-order valence-corrected chi connectivity index (χ3v) is 15.2. The van der Waals surface area contributed by atoms with Crippen molar-refractivity contribution in [3.63, 3.8) is 0 Å². The molecule has 362 valence electrons. The van der Waals surface area contributed by atoms with Gasteiger partial charge in [0, 0.05) is 57.9 Å². The molecule has 20 atom stereocenters. The van der Waals surface area contributed by atoms with Gasteiger partial charge in [-0.1, -0.05) is 27.7 Å². The molecule has 5 rings (SSSR count). The lowest BCUT2D eigenvalue weighted by Crippen LogP contribution is -2.62. The van der Waals surface area contributed by atoms with Crippen LogP contribution in [0.25, 0.3) is 0 Å². The van der Waals surface area contributed by atoms with Gasteiger partial charge in [-0.2, -0.15) is 0 Å². The third-order valence-electron chi connectivity index (χ3n) is 15.2. The fraction of sp³-hybridized carbons (Fsp3) is 0.872. The predicted molar refractivity (Wildman–Crippen MR) is 238 cm³/mol. The van der Waals surface area contributed by atoms with Crippen LogP contribution in [0.15, 0.2) is 23.3 Å². The van der Waals surface area contributed by atoms with Gasteiger partial charge in [-0.15, -0.1) is 0 Å². The summed E-state index contributed by atoms with van der Waals surface area (Å²) in [5.41, 5.74) is -3.53. The van der Waals surface area contributed by atoms with Crippen molar-refractivity contribution < 1.29 is 58.7 Å². The molecule has 0 spiro atoms. The molecule has 5 N–H and O–H groups in total. The first-order valence-corrected chi connectivity index (χ1v) is 23.2. The van der Waals surface area contributed by atoms with E-state index in [1.165, 1.54) is 14.0 Å². The first kappa shape index (κ1) is 51.8. The SMILES string of the molecule is CC[C@H]1OC(=O)[C@H](C)[C@@H](C2C[C@@](C)(OC)[C@@H](O)[C@H](C)O2)[C@H](C)[C@@H](O[C@@H]2O[C@H](C)C[C@H](N(C)C[C@H]3N=C(c4cccn4C)OC3C)[C@H]2O)[C@](C)(O)C[C@@H](C)CN(C)[C@H](C)[C@@H](O)[C@]1(C)O. The summed E-state index contributed by atoms with van der Waals surface area (Å²) in [4.78, 5) is 23.5. The van der Waals surface area contributed by atoms with Crippen LogP contribution in [-0.2, 0) is 40.3 Å². The summed E-state index contributed by atoms with van der Waals surface area (Å²) < 4.78 is 40.3. The lowest BCUT2D eigenvalue weighted by Gasteiger charge is -2.51. The quantitative estimate of drug-likeness (QED) is 0.227. The van der Waals surface area contributed by atoms with Crippen molar-refractivity contribution in [2.75, 3.05) is 34.3 Å². The first-order valence-electron chi connectivity index (χ1n) is 23.2. The van der Waals surface area contributed by atoms with E-state index in [4.69, 9.17) is 33.4 Å². The summed E-state index contributed by atoms with van der Waals surface area (Å²) in [5.74, 6) is -2.49. The van der Waals surface area contributed by atoms with Gasteiger partial charge in [0.15, 0.2) is 6.29 Å². The zero-order valence-corrected chi connectivity index (χ0v) is 40.7. The van der Waals surface area contributed by atoms with Gasteiger partial charge in [0.25, 0.3) is 0 Å². The Bertz CT molecular complexity index is 1690. The Hall–Kier alpha value is -2.22. The molecule has 5 heterocycles. The van der Waals surface area contributed by atoms with Crippen LogP contribution in [0.5, 0.6) is 0 Å². The zero-order chi connectivity index (χ0) is 47.1. The highest BCUT2D eigenvalue weighted by Crippen LogP contribution is 2.45. The zero-order valence-electron chi connectivity index (χ0n) is 40.7. The number of nitrogens with zero attached hydrogens (tertiary/aromatic N) is 4. The van der Waals surface area contributed by atoms with E-state index >= 15 is 0 Å². The van der Waals surface area contributed by atoms with Gasteiger partial charge in [0.05, 0.1) is 41.5 Å². The lowest BCUT2D eigenvalue weighted by molar-refractivity contribution is -0.303. The molecule has 63 heavy (non-hydrogen) atoms. The minimum absolute atomic E-state index is 0.159. The fourth-order valence-corrected chi connectivity index (χ4v) is 11.2. The molecule has 0 aliphatic carbocycles. The van der Waals surface area contributed by atoms with Gasteiger partial charge in [-0.05, 0) is 106 Å². The smallest absolute Gasteiger partial charge is 0.309 e. The number of ether oxygens (including phenoxy) is 6. The van der Waals surface area contributed by atoms with Gasteiger partial charge in [-0.3, -0.25) is 9.69 Å². The van der Waals surface area contributed by atoms with E-state index in [1.54, 1.807) is 27.7 Å². The van der Waals surface area contributed by atoms with Crippen LogP contribution in [0, 0.1) is 23.7 Å². The molecule has 16 nitrogen and oxygen atoms in total. The molecule has 4 aliphatic rings. The van der Waals surface area contributed by atoms with Gasteiger partial charge >= 0.3 is 5.97 Å². The summed E-state index contributed by atoms with van der Waals surface area (Å²) in [6.07, 6.45) is -5.44. The van der Waals surface area contributed by atoms with Gasteiger partial charge in [0.1, 0.15) is 47.9 Å². The molecule has 0 radical (unpaired) electrons. The highest BCUT2D eigenvalue weighted by Gasteiger charge is 2.55. The number of aromatic nitrogens is 1. The number of methoxy groups -OCH3 is 1. The molecule has 2 unspecified atom stereocenters. The van der Waals surface area contributed by atoms with Crippen molar-refractivity contribution in [1.29, 1.82) is 0 Å². The molecular weight excluding hydrogens is 813 g/mol. The molecule has 0 saturated carbocycles. The topological polar surface area (TPSA) is 197 Å². The number of carbonyl (C=O) groups excluding carboxylic acids is 1. The second kappa shape index (κ2) is 20.3. The molecule has 0 amide bonds. The van der Waals surface area contributed by atoms with E-state index in [0.717, 1.165) is 5.69 Å². The average Bonchev–Trinajstić information content (AvgIpc) is 3.80. The van der Waals surface area contributed by atoms with E-state index in [0.29, 0.717) is 25.4 Å². The molecule has 3 fully saturated rings. The van der Waals surface area contributed by atoms with Gasteiger partial charge in [0.2, 0.25) is 5.90 Å². The van der Waals surface area contributed by atoms with Crippen molar-refractivity contribution in [2.45, 2.75) is 198 Å². The van der Waals surface area contributed by atoms with Crippen LogP contribution in [0.3, 0.4) is 0 Å². The van der Waals surface area contributed by atoms with E-state index in [-0.39, 0.29) is 43.4 Å². The summed E-state index contributed by atoms with van der Waals surface area (Å²) in [6.45, 7) is 21.0. The Kier molecular flexibility index (Phi) is 16.7. The van der Waals surface area contributed by atoms with E-state index < -0.39 is 102 Å². The number of aliphatic hydroxyl groups is 5. The standard InChI is InChI=1S/C47H82N4O12/c1-16-36-47(11,57)39(53)29(6)50(13)23-25(2)21-45(9,56)41(27(4)37(28(5)43(55)62-36)35-22-46(10,58-15)40(54)31(8)60-35)63-44-38(52)34(20-26(3)59-44)51(14)24-32-30(7)61-42(48-32)33-18-17-19-49(33)12/h17-19,25-32,34-41,44,52-54,56-57H,16,20-24H2,1-15H3/t25-,26-,27+,28-,29-,30?,31+,32-,34+,35?,36-,37+,38-,39-,40+,41-,44+,45-,46-,47-/m1/s1. The van der Waals surface area contributed by atoms with E-state index in [9.17, 15) is 30.3 Å². The minimum Gasteiger partial charge on any atom is -0.471 e. The maximum Gasteiger partial charge on any atom is 0.309 e. The second-order valence-electron chi connectivity index (χ2n) is 20.6.